The maximum Gasteiger partial charge on any atom is 0.237 e. The number of para-hydroxylation sites is 1. The van der Waals surface area contributed by atoms with Crippen LogP contribution in [0.15, 0.2) is 85.2 Å². The molecular formula is C33H39N5O2. The van der Waals surface area contributed by atoms with E-state index in [0.29, 0.717) is 25.8 Å². The fourth-order valence-corrected chi connectivity index (χ4v) is 6.01. The number of amides is 2. The Morgan fingerprint density at radius 3 is 2.45 bits per heavy atom. The lowest BCUT2D eigenvalue weighted by Crippen LogP contribution is -2.48. The van der Waals surface area contributed by atoms with E-state index in [0.717, 1.165) is 59.8 Å². The molecule has 0 saturated heterocycles. The molecule has 2 aromatic heterocycles. The molecule has 7 nitrogen and oxygen atoms in total. The number of aromatic amines is 1. The molecule has 0 radical (unpaired) electrons. The molecule has 2 aromatic carbocycles. The van der Waals surface area contributed by atoms with Crippen LogP contribution in [0.4, 0.5) is 0 Å². The minimum Gasteiger partial charge on any atom is -0.361 e. The number of benzene rings is 2. The van der Waals surface area contributed by atoms with Gasteiger partial charge in [0, 0.05) is 48.4 Å². The van der Waals surface area contributed by atoms with Gasteiger partial charge in [-0.3, -0.25) is 14.6 Å². The van der Waals surface area contributed by atoms with Crippen LogP contribution in [0.2, 0.25) is 0 Å². The Kier molecular flexibility index (Phi) is 8.91. The van der Waals surface area contributed by atoms with Crippen LogP contribution in [0.25, 0.3) is 10.9 Å². The van der Waals surface area contributed by atoms with Gasteiger partial charge in [-0.1, -0.05) is 73.9 Å². The largest absolute Gasteiger partial charge is 0.361 e. The van der Waals surface area contributed by atoms with Crippen LogP contribution in [0.5, 0.6) is 0 Å². The van der Waals surface area contributed by atoms with E-state index in [9.17, 15) is 9.59 Å². The molecular weight excluding hydrogens is 498 g/mol. The van der Waals surface area contributed by atoms with Gasteiger partial charge in [0.05, 0.1) is 12.1 Å². The summed E-state index contributed by atoms with van der Waals surface area (Å²) in [5.74, 6) is -0.169. The van der Waals surface area contributed by atoms with E-state index >= 15 is 0 Å². The second kappa shape index (κ2) is 12.9. The molecule has 4 aromatic rings. The first kappa shape index (κ1) is 27.6. The number of nitrogens with two attached hydrogens (primary N) is 1. The van der Waals surface area contributed by atoms with Crippen LogP contribution in [-0.2, 0) is 22.4 Å². The predicted octanol–water partition coefficient (Wildman–Crippen LogP) is 4.99. The Hall–Kier alpha value is -3.97. The highest BCUT2D eigenvalue weighted by Gasteiger charge is 2.36. The Labute approximate surface area is 236 Å². The highest BCUT2D eigenvalue weighted by atomic mass is 16.2. The smallest absolute Gasteiger partial charge is 0.237 e. The number of hydrogen-bond donors (Lipinski definition) is 4. The van der Waals surface area contributed by atoms with Gasteiger partial charge in [-0.25, -0.2) is 0 Å². The third-order valence-electron chi connectivity index (χ3n) is 8.22. The summed E-state index contributed by atoms with van der Waals surface area (Å²) in [5, 5.41) is 7.50. The van der Waals surface area contributed by atoms with Crippen molar-refractivity contribution in [2.75, 3.05) is 6.54 Å². The first-order valence-electron chi connectivity index (χ1n) is 14.3. The van der Waals surface area contributed by atoms with E-state index in [1.54, 1.807) is 6.20 Å². The van der Waals surface area contributed by atoms with E-state index in [4.69, 9.17) is 5.73 Å². The van der Waals surface area contributed by atoms with Crippen molar-refractivity contribution in [2.24, 2.45) is 11.1 Å². The second-order valence-corrected chi connectivity index (χ2v) is 11.2. The van der Waals surface area contributed by atoms with Crippen molar-refractivity contribution in [1.29, 1.82) is 0 Å². The molecule has 40 heavy (non-hydrogen) atoms. The highest BCUT2D eigenvalue weighted by Crippen LogP contribution is 2.39. The SMILES string of the molecule is NC(Cc1c[nH]c2ccccc12)C(=O)NCC1(CC(=O)NC(Cc2ccccn2)c2ccccc2)CCCCC1. The van der Waals surface area contributed by atoms with Crippen molar-refractivity contribution >= 4 is 22.7 Å². The maximum absolute atomic E-state index is 13.5. The first-order valence-corrected chi connectivity index (χ1v) is 14.3. The van der Waals surface area contributed by atoms with Gasteiger partial charge in [0.1, 0.15) is 0 Å². The second-order valence-electron chi connectivity index (χ2n) is 11.2. The van der Waals surface area contributed by atoms with Crippen LogP contribution >= 0.6 is 0 Å². The number of nitrogens with one attached hydrogen (secondary N) is 3. The molecule has 1 saturated carbocycles. The van der Waals surface area contributed by atoms with Gasteiger partial charge in [0.25, 0.3) is 0 Å². The van der Waals surface area contributed by atoms with E-state index < -0.39 is 6.04 Å². The minimum absolute atomic E-state index is 0.00373. The van der Waals surface area contributed by atoms with E-state index in [-0.39, 0.29) is 23.3 Å². The Morgan fingerprint density at radius 1 is 0.925 bits per heavy atom. The summed E-state index contributed by atoms with van der Waals surface area (Å²) in [7, 11) is 0. The lowest BCUT2D eigenvalue weighted by Gasteiger charge is -2.37. The minimum atomic E-state index is -0.658. The van der Waals surface area contributed by atoms with Crippen molar-refractivity contribution in [3.8, 4) is 0 Å². The number of pyridine rings is 1. The lowest BCUT2D eigenvalue weighted by atomic mass is 9.71. The molecule has 1 aliphatic rings. The van der Waals surface area contributed by atoms with Gasteiger partial charge in [-0.15, -0.1) is 0 Å². The summed E-state index contributed by atoms with van der Waals surface area (Å²) in [6.45, 7) is 0.455. The summed E-state index contributed by atoms with van der Waals surface area (Å²) < 4.78 is 0. The molecule has 5 N–H and O–H groups in total. The van der Waals surface area contributed by atoms with E-state index in [2.05, 4.69) is 20.6 Å². The Bertz CT molecular complexity index is 1400. The molecule has 0 bridgehead atoms. The summed E-state index contributed by atoms with van der Waals surface area (Å²) in [6.07, 6.45) is 10.2. The Balaban J connectivity index is 1.23. The molecule has 2 amide bonds. The number of nitrogens with zero attached hydrogens (tertiary/aromatic N) is 1. The molecule has 208 valence electrons. The Morgan fingerprint density at radius 2 is 1.68 bits per heavy atom. The number of rotatable bonds is 11. The molecule has 5 rings (SSSR count). The molecule has 0 spiro atoms. The number of fused-ring (bicyclic) bond motifs is 1. The summed E-state index contributed by atoms with van der Waals surface area (Å²) in [5.41, 5.74) is 10.1. The number of H-pyrrole nitrogens is 1. The van der Waals surface area contributed by atoms with Gasteiger partial charge in [0.2, 0.25) is 11.8 Å². The van der Waals surface area contributed by atoms with E-state index in [1.807, 2.05) is 79.0 Å². The number of carbonyl (C=O) groups excluding carboxylic acids is 2. The topological polar surface area (TPSA) is 113 Å². The quantitative estimate of drug-likeness (QED) is 0.216. The molecule has 2 heterocycles. The van der Waals surface area contributed by atoms with Gasteiger partial charge >= 0.3 is 0 Å². The molecule has 1 fully saturated rings. The number of hydrogen-bond acceptors (Lipinski definition) is 4. The van der Waals surface area contributed by atoms with E-state index in [1.165, 1.54) is 0 Å². The van der Waals surface area contributed by atoms with Crippen molar-refractivity contribution in [3.05, 3.63) is 102 Å². The normalized spacial score (nSPS) is 16.2. The molecule has 2 unspecified atom stereocenters. The van der Waals surface area contributed by atoms with Gasteiger partial charge in [-0.2, -0.15) is 0 Å². The van der Waals surface area contributed by atoms with Gasteiger partial charge in [-0.05, 0) is 54.0 Å². The van der Waals surface area contributed by atoms with Crippen LogP contribution in [-0.4, -0.2) is 34.4 Å². The average molecular weight is 538 g/mol. The summed E-state index contributed by atoms with van der Waals surface area (Å²) in [4.78, 5) is 34.3. The summed E-state index contributed by atoms with van der Waals surface area (Å²) >= 11 is 0. The van der Waals surface area contributed by atoms with Gasteiger partial charge in [0.15, 0.2) is 0 Å². The van der Waals surface area contributed by atoms with Crippen molar-refractivity contribution in [3.63, 3.8) is 0 Å². The van der Waals surface area contributed by atoms with Crippen LogP contribution in [0.3, 0.4) is 0 Å². The van der Waals surface area contributed by atoms with Crippen molar-refractivity contribution < 1.29 is 9.59 Å². The van der Waals surface area contributed by atoms with Crippen molar-refractivity contribution in [2.45, 2.75) is 63.5 Å². The molecule has 1 aliphatic carbocycles. The molecule has 0 aliphatic heterocycles. The third-order valence-corrected chi connectivity index (χ3v) is 8.22. The standard InChI is InChI=1S/C33H39N5O2/c34-28(19-25-22-36-29-15-6-5-14-27(25)29)32(40)37-23-33(16-8-2-9-17-33)21-31(39)38-30(24-11-3-1-4-12-24)20-26-13-7-10-18-35-26/h1,3-7,10-15,18,22,28,30,36H,2,8-9,16-17,19-21,23,34H2,(H,37,40)(H,38,39). The fourth-order valence-electron chi connectivity index (χ4n) is 6.01. The average Bonchev–Trinajstić information content (AvgIpc) is 3.39. The zero-order valence-electron chi connectivity index (χ0n) is 22.9. The molecule has 2 atom stereocenters. The number of aromatic nitrogens is 2. The monoisotopic (exact) mass is 537 g/mol. The first-order chi connectivity index (χ1) is 19.5. The third kappa shape index (κ3) is 6.96. The summed E-state index contributed by atoms with van der Waals surface area (Å²) in [6, 6.07) is 23.1. The highest BCUT2D eigenvalue weighted by molar-refractivity contribution is 5.86. The van der Waals surface area contributed by atoms with Crippen LogP contribution in [0, 0.1) is 5.41 Å². The van der Waals surface area contributed by atoms with Crippen LogP contribution in [0.1, 0.15) is 61.4 Å². The molecule has 7 heteroatoms. The zero-order valence-corrected chi connectivity index (χ0v) is 22.9. The fraction of sp³-hybridized carbons (Fsp3) is 0.364. The van der Waals surface area contributed by atoms with Crippen LogP contribution < -0.4 is 16.4 Å². The number of carbonyl (C=O) groups is 2. The van der Waals surface area contributed by atoms with Crippen molar-refractivity contribution in [1.82, 2.24) is 20.6 Å². The maximum atomic E-state index is 13.5. The predicted molar refractivity (Wildman–Crippen MR) is 158 cm³/mol. The lowest BCUT2D eigenvalue weighted by molar-refractivity contribution is -0.127. The van der Waals surface area contributed by atoms with Gasteiger partial charge < -0.3 is 21.4 Å². The zero-order chi connectivity index (χ0) is 27.8.